The Labute approximate surface area is 124 Å². The molecular formula is C16H19N3O2. The van der Waals surface area contributed by atoms with Crippen LogP contribution in [0.3, 0.4) is 0 Å². The van der Waals surface area contributed by atoms with Crippen molar-refractivity contribution in [1.29, 1.82) is 0 Å². The summed E-state index contributed by atoms with van der Waals surface area (Å²) in [7, 11) is 1.69. The van der Waals surface area contributed by atoms with Gasteiger partial charge in [-0.1, -0.05) is 18.2 Å². The van der Waals surface area contributed by atoms with Gasteiger partial charge in [-0.05, 0) is 17.7 Å². The Morgan fingerprint density at radius 1 is 1.33 bits per heavy atom. The standard InChI is InChI=1S/C16H19N3O2/c1-20-9-8-17-11-13-6-7-18-16(19-13)15-10-12-4-2-3-5-14(12)21-15/h2-7,15,17H,8-11H2,1H3. The summed E-state index contributed by atoms with van der Waals surface area (Å²) in [5.41, 5.74) is 2.19. The second-order valence-electron chi connectivity index (χ2n) is 4.99. The van der Waals surface area contributed by atoms with Crippen LogP contribution in [0.5, 0.6) is 5.75 Å². The minimum absolute atomic E-state index is 0.0821. The summed E-state index contributed by atoms with van der Waals surface area (Å²) < 4.78 is 10.9. The van der Waals surface area contributed by atoms with E-state index in [-0.39, 0.29) is 6.10 Å². The Kier molecular flexibility index (Phi) is 4.43. The molecule has 110 valence electrons. The van der Waals surface area contributed by atoms with E-state index in [1.807, 2.05) is 24.3 Å². The Bertz CT molecular complexity index is 579. The summed E-state index contributed by atoms with van der Waals surface area (Å²) in [5.74, 6) is 1.69. The lowest BCUT2D eigenvalue weighted by atomic mass is 10.1. The van der Waals surface area contributed by atoms with Crippen molar-refractivity contribution in [3.8, 4) is 5.75 Å². The molecular weight excluding hydrogens is 266 g/mol. The molecule has 21 heavy (non-hydrogen) atoms. The third-order valence-corrected chi connectivity index (χ3v) is 3.46. The molecule has 1 aliphatic rings. The Balaban J connectivity index is 1.64. The van der Waals surface area contributed by atoms with Gasteiger partial charge in [0.05, 0.1) is 12.3 Å². The van der Waals surface area contributed by atoms with E-state index in [0.29, 0.717) is 13.2 Å². The minimum atomic E-state index is -0.0821. The highest BCUT2D eigenvalue weighted by Gasteiger charge is 2.26. The first kappa shape index (κ1) is 14.0. The molecule has 1 aromatic heterocycles. The number of hydrogen-bond donors (Lipinski definition) is 1. The molecule has 0 amide bonds. The number of para-hydroxylation sites is 1. The van der Waals surface area contributed by atoms with Crippen LogP contribution in [0.2, 0.25) is 0 Å². The van der Waals surface area contributed by atoms with Gasteiger partial charge >= 0.3 is 0 Å². The average molecular weight is 285 g/mol. The lowest BCUT2D eigenvalue weighted by Crippen LogP contribution is -2.20. The van der Waals surface area contributed by atoms with Crippen LogP contribution in [0.1, 0.15) is 23.2 Å². The van der Waals surface area contributed by atoms with Gasteiger partial charge in [-0.3, -0.25) is 0 Å². The zero-order valence-electron chi connectivity index (χ0n) is 12.1. The zero-order chi connectivity index (χ0) is 14.5. The minimum Gasteiger partial charge on any atom is -0.482 e. The highest BCUT2D eigenvalue weighted by Crippen LogP contribution is 2.34. The smallest absolute Gasteiger partial charge is 0.169 e. The SMILES string of the molecule is COCCNCc1ccnc(C2Cc3ccccc3O2)n1. The number of nitrogens with one attached hydrogen (secondary N) is 1. The van der Waals surface area contributed by atoms with Crippen molar-refractivity contribution in [2.24, 2.45) is 0 Å². The maximum absolute atomic E-state index is 5.93. The van der Waals surface area contributed by atoms with Crippen LogP contribution in [0, 0.1) is 0 Å². The van der Waals surface area contributed by atoms with E-state index in [1.54, 1.807) is 13.3 Å². The van der Waals surface area contributed by atoms with Gasteiger partial charge in [0.15, 0.2) is 11.9 Å². The highest BCUT2D eigenvalue weighted by atomic mass is 16.5. The number of ether oxygens (including phenoxy) is 2. The molecule has 1 unspecified atom stereocenters. The van der Waals surface area contributed by atoms with Crippen molar-refractivity contribution in [2.45, 2.75) is 19.1 Å². The van der Waals surface area contributed by atoms with Crippen molar-refractivity contribution >= 4 is 0 Å². The average Bonchev–Trinajstić information content (AvgIpc) is 2.96. The lowest BCUT2D eigenvalue weighted by molar-refractivity contribution is 0.199. The second kappa shape index (κ2) is 6.65. The van der Waals surface area contributed by atoms with Gasteiger partial charge in [0.2, 0.25) is 0 Å². The molecule has 1 atom stereocenters. The topological polar surface area (TPSA) is 56.3 Å². The maximum Gasteiger partial charge on any atom is 0.169 e. The first-order valence-corrected chi connectivity index (χ1v) is 7.13. The summed E-state index contributed by atoms with van der Waals surface area (Å²) >= 11 is 0. The quantitative estimate of drug-likeness (QED) is 0.821. The largest absolute Gasteiger partial charge is 0.482 e. The molecule has 0 saturated heterocycles. The number of nitrogens with zero attached hydrogens (tertiary/aromatic N) is 2. The predicted molar refractivity (Wildman–Crippen MR) is 79.1 cm³/mol. The molecule has 5 heteroatoms. The van der Waals surface area contributed by atoms with E-state index in [2.05, 4.69) is 21.4 Å². The number of methoxy groups -OCH3 is 1. The fourth-order valence-electron chi connectivity index (χ4n) is 2.38. The molecule has 0 fully saturated rings. The molecule has 0 radical (unpaired) electrons. The first-order valence-electron chi connectivity index (χ1n) is 7.13. The van der Waals surface area contributed by atoms with E-state index < -0.39 is 0 Å². The van der Waals surface area contributed by atoms with Crippen LogP contribution in [0.25, 0.3) is 0 Å². The second-order valence-corrected chi connectivity index (χ2v) is 4.99. The van der Waals surface area contributed by atoms with Crippen LogP contribution in [0.4, 0.5) is 0 Å². The summed E-state index contributed by atoms with van der Waals surface area (Å²) in [6, 6.07) is 10.0. The molecule has 1 aliphatic heterocycles. The summed E-state index contributed by atoms with van der Waals surface area (Å²) in [6.07, 6.45) is 2.54. The van der Waals surface area contributed by atoms with Crippen molar-refractivity contribution in [3.63, 3.8) is 0 Å². The molecule has 0 aliphatic carbocycles. The Morgan fingerprint density at radius 3 is 3.10 bits per heavy atom. The number of rotatable bonds is 6. The monoisotopic (exact) mass is 285 g/mol. The van der Waals surface area contributed by atoms with Gasteiger partial charge in [0.25, 0.3) is 0 Å². The first-order chi connectivity index (χ1) is 10.4. The maximum atomic E-state index is 5.93. The molecule has 0 saturated carbocycles. The van der Waals surface area contributed by atoms with Crippen LogP contribution >= 0.6 is 0 Å². The van der Waals surface area contributed by atoms with Crippen LogP contribution in [-0.2, 0) is 17.7 Å². The number of benzene rings is 1. The molecule has 0 spiro atoms. The van der Waals surface area contributed by atoms with Gasteiger partial charge in [0.1, 0.15) is 5.75 Å². The van der Waals surface area contributed by atoms with Gasteiger partial charge in [-0.2, -0.15) is 0 Å². The molecule has 3 rings (SSSR count). The number of hydrogen-bond acceptors (Lipinski definition) is 5. The van der Waals surface area contributed by atoms with Gasteiger partial charge in [-0.15, -0.1) is 0 Å². The predicted octanol–water partition coefficient (Wildman–Crippen LogP) is 1.89. The molecule has 1 aromatic carbocycles. The van der Waals surface area contributed by atoms with Crippen molar-refractivity contribution in [2.75, 3.05) is 20.3 Å². The zero-order valence-corrected chi connectivity index (χ0v) is 12.1. The summed E-state index contributed by atoms with van der Waals surface area (Å²) in [4.78, 5) is 8.96. The van der Waals surface area contributed by atoms with E-state index >= 15 is 0 Å². The normalized spacial score (nSPS) is 16.5. The van der Waals surface area contributed by atoms with E-state index in [9.17, 15) is 0 Å². The third kappa shape index (κ3) is 3.37. The summed E-state index contributed by atoms with van der Waals surface area (Å²) in [6.45, 7) is 2.21. The Morgan fingerprint density at radius 2 is 2.24 bits per heavy atom. The van der Waals surface area contributed by atoms with Gasteiger partial charge < -0.3 is 14.8 Å². The van der Waals surface area contributed by atoms with Gasteiger partial charge in [-0.25, -0.2) is 9.97 Å². The van der Waals surface area contributed by atoms with Crippen LogP contribution < -0.4 is 10.1 Å². The molecule has 2 aromatic rings. The lowest BCUT2D eigenvalue weighted by Gasteiger charge is -2.10. The van der Waals surface area contributed by atoms with Crippen molar-refractivity contribution < 1.29 is 9.47 Å². The Hall–Kier alpha value is -1.98. The van der Waals surface area contributed by atoms with E-state index in [0.717, 1.165) is 30.2 Å². The van der Waals surface area contributed by atoms with Gasteiger partial charge in [0, 0.05) is 32.8 Å². The molecule has 2 heterocycles. The molecule has 1 N–H and O–H groups in total. The van der Waals surface area contributed by atoms with Crippen LogP contribution in [0.15, 0.2) is 36.5 Å². The summed E-state index contributed by atoms with van der Waals surface area (Å²) in [5, 5.41) is 3.28. The van der Waals surface area contributed by atoms with Crippen LogP contribution in [-0.4, -0.2) is 30.2 Å². The van der Waals surface area contributed by atoms with Crippen molar-refractivity contribution in [1.82, 2.24) is 15.3 Å². The number of fused-ring (bicyclic) bond motifs is 1. The fraction of sp³-hybridized carbons (Fsp3) is 0.375. The van der Waals surface area contributed by atoms with E-state index in [4.69, 9.17) is 9.47 Å². The van der Waals surface area contributed by atoms with E-state index in [1.165, 1.54) is 5.56 Å². The number of aromatic nitrogens is 2. The highest BCUT2D eigenvalue weighted by molar-refractivity contribution is 5.38. The fourth-order valence-corrected chi connectivity index (χ4v) is 2.38. The molecule has 0 bridgehead atoms. The molecule has 5 nitrogen and oxygen atoms in total. The van der Waals surface area contributed by atoms with Crippen molar-refractivity contribution in [3.05, 3.63) is 53.6 Å². The third-order valence-electron chi connectivity index (χ3n) is 3.46.